The molecular weight excluding hydrogens is 714 g/mol. The smallest absolute Gasteiger partial charge is 0.425 e. The van der Waals surface area contributed by atoms with Gasteiger partial charge in [0, 0.05) is 75.7 Å². The predicted molar refractivity (Wildman–Crippen MR) is 218 cm³/mol. The normalized spacial score (nSPS) is 13.9. The maximum Gasteiger partial charge on any atom is 0.425 e. The molecule has 0 radical (unpaired) electrons. The van der Waals surface area contributed by atoms with Gasteiger partial charge in [0.25, 0.3) is 0 Å². The zero-order valence-electron chi connectivity index (χ0n) is 34.0. The molecule has 1 aliphatic rings. The molecule has 1 unspecified atom stereocenters. The van der Waals surface area contributed by atoms with E-state index in [1.165, 1.54) is 24.3 Å². The Morgan fingerprint density at radius 1 is 0.946 bits per heavy atom. The minimum Gasteiger partial charge on any atom is -0.495 e. The molecule has 5 rings (SSSR count). The van der Waals surface area contributed by atoms with Gasteiger partial charge in [-0.1, -0.05) is 30.7 Å². The molecule has 0 aliphatic carbocycles. The largest absolute Gasteiger partial charge is 0.495 e. The van der Waals surface area contributed by atoms with E-state index >= 15 is 4.39 Å². The van der Waals surface area contributed by atoms with Crippen LogP contribution in [0, 0.1) is 32.5 Å². The summed E-state index contributed by atoms with van der Waals surface area (Å²) in [4.78, 5) is 44.2. The van der Waals surface area contributed by atoms with Crippen LogP contribution in [0.25, 0.3) is 0 Å². The Kier molecular flexibility index (Phi) is 14.6. The number of hydrogen-bond acceptors (Lipinski definition) is 10. The second-order valence-electron chi connectivity index (χ2n) is 14.4. The van der Waals surface area contributed by atoms with Crippen LogP contribution >= 0.6 is 0 Å². The van der Waals surface area contributed by atoms with E-state index in [2.05, 4.69) is 32.1 Å². The van der Waals surface area contributed by atoms with Crippen molar-refractivity contribution in [3.05, 3.63) is 88.9 Å². The minimum atomic E-state index is -0.721. The summed E-state index contributed by atoms with van der Waals surface area (Å²) in [6.07, 6.45) is 2.06. The molecule has 1 saturated heterocycles. The molecule has 1 N–H and O–H groups in total. The van der Waals surface area contributed by atoms with E-state index in [0.717, 1.165) is 61.4 Å². The van der Waals surface area contributed by atoms with Gasteiger partial charge in [0.05, 0.1) is 19.4 Å². The van der Waals surface area contributed by atoms with Gasteiger partial charge in [-0.2, -0.15) is 4.98 Å². The van der Waals surface area contributed by atoms with Crippen molar-refractivity contribution in [1.82, 2.24) is 24.7 Å². The first kappa shape index (κ1) is 41.9. The summed E-state index contributed by atoms with van der Waals surface area (Å²) < 4.78 is 32.9. The Hall–Kier alpha value is -5.27. The van der Waals surface area contributed by atoms with Crippen LogP contribution in [0.5, 0.6) is 17.2 Å². The highest BCUT2D eigenvalue weighted by Gasteiger charge is 2.28. The van der Waals surface area contributed by atoms with Crippen LogP contribution in [0.2, 0.25) is 0 Å². The van der Waals surface area contributed by atoms with E-state index in [4.69, 9.17) is 14.2 Å². The lowest BCUT2D eigenvalue weighted by atomic mass is 9.99. The molecule has 0 spiro atoms. The Balaban J connectivity index is 1.38. The number of rotatable bonds is 16. The number of aromatic nitrogens is 2. The van der Waals surface area contributed by atoms with Gasteiger partial charge in [0.2, 0.25) is 11.9 Å². The first-order chi connectivity index (χ1) is 26.9. The summed E-state index contributed by atoms with van der Waals surface area (Å²) in [6, 6.07) is 15.5. The van der Waals surface area contributed by atoms with Crippen molar-refractivity contribution in [3.8, 4) is 17.2 Å². The first-order valence-corrected chi connectivity index (χ1v) is 19.4. The van der Waals surface area contributed by atoms with Crippen molar-refractivity contribution in [3.63, 3.8) is 0 Å². The van der Waals surface area contributed by atoms with Gasteiger partial charge in [0.15, 0.2) is 11.6 Å². The molecule has 0 bridgehead atoms. The number of likely N-dealkylation sites (N-methyl/N-ethyl adjacent to an activating group) is 1. The number of methoxy groups -OCH3 is 1. The summed E-state index contributed by atoms with van der Waals surface area (Å²) >= 11 is 0. The van der Waals surface area contributed by atoms with Crippen LogP contribution < -0.4 is 24.4 Å². The molecule has 3 aromatic carbocycles. The molecule has 12 nitrogen and oxygen atoms in total. The van der Waals surface area contributed by atoms with Gasteiger partial charge in [-0.25, -0.2) is 19.1 Å². The van der Waals surface area contributed by atoms with E-state index in [1.807, 2.05) is 70.7 Å². The van der Waals surface area contributed by atoms with Gasteiger partial charge < -0.3 is 34.2 Å². The molecule has 4 aromatic rings. The van der Waals surface area contributed by atoms with Gasteiger partial charge in [-0.3, -0.25) is 4.79 Å². The number of benzene rings is 3. The minimum absolute atomic E-state index is 0.0758. The molecule has 0 saturated carbocycles. The van der Waals surface area contributed by atoms with Crippen molar-refractivity contribution in [2.24, 2.45) is 5.92 Å². The zero-order chi connectivity index (χ0) is 40.4. The average Bonchev–Trinajstić information content (AvgIpc) is 3.17. The van der Waals surface area contributed by atoms with Crippen LogP contribution in [0.3, 0.4) is 0 Å². The number of ether oxygens (including phenoxy) is 3. The lowest BCUT2D eigenvalue weighted by Gasteiger charge is -2.32. The fraction of sp³-hybridized carbons (Fsp3) is 0.442. The van der Waals surface area contributed by atoms with Crippen LogP contribution in [0.15, 0.2) is 60.8 Å². The lowest BCUT2D eigenvalue weighted by Crippen LogP contribution is -2.44. The maximum absolute atomic E-state index is 15.2. The Labute approximate surface area is 330 Å². The summed E-state index contributed by atoms with van der Waals surface area (Å²) in [5.74, 6) is 0.607. The van der Waals surface area contributed by atoms with Crippen LogP contribution in [-0.2, 0) is 11.2 Å². The number of carbonyl (C=O) groups is 2. The van der Waals surface area contributed by atoms with Gasteiger partial charge in [-0.05, 0) is 95.5 Å². The first-order valence-electron chi connectivity index (χ1n) is 19.4. The molecular formula is C43H56FN7O5. The number of nitrogens with one attached hydrogen (secondary N) is 1. The highest BCUT2D eigenvalue weighted by molar-refractivity contribution is 5.98. The number of hydrogen-bond donors (Lipinski definition) is 1. The number of amides is 2. The van der Waals surface area contributed by atoms with E-state index in [0.29, 0.717) is 49.0 Å². The van der Waals surface area contributed by atoms with Crippen LogP contribution in [-0.4, -0.2) is 103 Å². The summed E-state index contributed by atoms with van der Waals surface area (Å²) in [7, 11) is 3.65. The van der Waals surface area contributed by atoms with Crippen LogP contribution in [0.1, 0.15) is 49.4 Å². The highest BCUT2D eigenvalue weighted by atomic mass is 19.1. The highest BCUT2D eigenvalue weighted by Crippen LogP contribution is 2.37. The third kappa shape index (κ3) is 10.7. The number of aryl methyl sites for hydroxylation is 3. The van der Waals surface area contributed by atoms with Gasteiger partial charge in [-0.15, -0.1) is 0 Å². The molecule has 300 valence electrons. The summed E-state index contributed by atoms with van der Waals surface area (Å²) in [5.41, 5.74) is 4.30. The fourth-order valence-electron chi connectivity index (χ4n) is 7.00. The Bertz CT molecular complexity index is 1940. The van der Waals surface area contributed by atoms with Crippen molar-refractivity contribution in [2.75, 3.05) is 76.8 Å². The average molecular weight is 770 g/mol. The summed E-state index contributed by atoms with van der Waals surface area (Å²) in [6.45, 7) is 18.4. The van der Waals surface area contributed by atoms with Gasteiger partial charge >= 0.3 is 6.09 Å². The second kappa shape index (κ2) is 19.5. The van der Waals surface area contributed by atoms with Crippen molar-refractivity contribution in [2.45, 2.75) is 54.4 Å². The molecule has 1 aromatic heterocycles. The molecule has 1 atom stereocenters. The number of carbonyl (C=O) groups excluding carboxylic acids is 2. The van der Waals surface area contributed by atoms with Crippen LogP contribution in [0.4, 0.5) is 32.3 Å². The third-order valence-electron chi connectivity index (χ3n) is 10.0. The van der Waals surface area contributed by atoms with E-state index in [-0.39, 0.29) is 29.3 Å². The number of piperazine rings is 1. The zero-order valence-corrected chi connectivity index (χ0v) is 34.0. The number of nitrogens with zero attached hydrogens (tertiary/aromatic N) is 6. The Morgan fingerprint density at radius 2 is 1.66 bits per heavy atom. The molecule has 1 aliphatic heterocycles. The maximum atomic E-state index is 15.2. The number of halogens is 1. The second-order valence-corrected chi connectivity index (χ2v) is 14.4. The summed E-state index contributed by atoms with van der Waals surface area (Å²) in [5, 5.41) is 3.06. The van der Waals surface area contributed by atoms with Crippen molar-refractivity contribution in [1.29, 1.82) is 0 Å². The standard InChI is InChI=1S/C43H56FN7O5/c1-9-50(10-2)41(52)32(6)26-33-12-14-36(38(27-33)54-8)51(43(53)56-40-30(4)24-29(3)25-31(40)5)39-16-17-45-42(47-39)46-34-13-15-37(35(44)28-34)55-23-11-18-49-21-19-48(7)20-22-49/h12-17,24-25,27-28,32H,9-11,18-23,26H2,1-8H3,(H,45,46,47). The van der Waals surface area contributed by atoms with Crippen molar-refractivity contribution >= 4 is 35.1 Å². The molecule has 56 heavy (non-hydrogen) atoms. The van der Waals surface area contributed by atoms with E-state index in [1.54, 1.807) is 24.3 Å². The van der Waals surface area contributed by atoms with E-state index in [9.17, 15) is 9.59 Å². The monoisotopic (exact) mass is 769 g/mol. The third-order valence-corrected chi connectivity index (χ3v) is 10.0. The lowest BCUT2D eigenvalue weighted by molar-refractivity contribution is -0.134. The molecule has 1 fully saturated rings. The molecule has 13 heteroatoms. The topological polar surface area (TPSA) is 113 Å². The fourth-order valence-corrected chi connectivity index (χ4v) is 7.00. The molecule has 2 amide bonds. The quantitative estimate of drug-likeness (QED) is 0.114. The number of anilines is 4. The van der Waals surface area contributed by atoms with Crippen molar-refractivity contribution < 1.29 is 28.2 Å². The SMILES string of the molecule is CCN(CC)C(=O)C(C)Cc1ccc(N(C(=O)Oc2c(C)cc(C)cc2C)c2ccnc(Nc3ccc(OCCCN4CCN(C)CC4)c(F)c3)n2)c(OC)c1. The molecule has 2 heterocycles. The van der Waals surface area contributed by atoms with Gasteiger partial charge in [0.1, 0.15) is 17.3 Å². The van der Waals surface area contributed by atoms with E-state index < -0.39 is 11.9 Å². The predicted octanol–water partition coefficient (Wildman–Crippen LogP) is 7.69. The Morgan fingerprint density at radius 3 is 2.32 bits per heavy atom.